The van der Waals surface area contributed by atoms with Crippen LogP contribution in [0.5, 0.6) is 11.5 Å². The summed E-state index contributed by atoms with van der Waals surface area (Å²) in [6, 6.07) is 12.2. The van der Waals surface area contributed by atoms with Gasteiger partial charge in [-0.05, 0) is 24.1 Å². The number of hydrogen-bond donors (Lipinski definition) is 2. The second-order valence-electron chi connectivity index (χ2n) is 4.88. The molecule has 22 heavy (non-hydrogen) atoms. The van der Waals surface area contributed by atoms with Crippen molar-refractivity contribution in [1.29, 1.82) is 0 Å². The van der Waals surface area contributed by atoms with Gasteiger partial charge in [0, 0.05) is 6.07 Å². The second kappa shape index (κ2) is 6.76. The van der Waals surface area contributed by atoms with E-state index in [-0.39, 0.29) is 35.7 Å². The number of benzene rings is 2. The highest BCUT2D eigenvalue weighted by Crippen LogP contribution is 2.29. The highest BCUT2D eigenvalue weighted by atomic mass is 16.5. The van der Waals surface area contributed by atoms with Crippen LogP contribution < -0.4 is 4.74 Å². The van der Waals surface area contributed by atoms with E-state index in [9.17, 15) is 14.7 Å². The number of rotatable bonds is 6. The number of hydrogen-bond acceptors (Lipinski definition) is 4. The number of aliphatic carboxylic acids is 1. The predicted octanol–water partition coefficient (Wildman–Crippen LogP) is 2.80. The Morgan fingerprint density at radius 3 is 2.41 bits per heavy atom. The van der Waals surface area contributed by atoms with E-state index in [4.69, 9.17) is 9.84 Å². The molecule has 2 rings (SSSR count). The van der Waals surface area contributed by atoms with E-state index < -0.39 is 5.97 Å². The van der Waals surface area contributed by atoms with Crippen molar-refractivity contribution in [2.75, 3.05) is 0 Å². The van der Waals surface area contributed by atoms with Crippen LogP contribution in [0.2, 0.25) is 0 Å². The van der Waals surface area contributed by atoms with Crippen molar-refractivity contribution < 1.29 is 24.5 Å². The third-order valence-corrected chi connectivity index (χ3v) is 3.11. The molecule has 0 aliphatic heterocycles. The zero-order chi connectivity index (χ0) is 16.1. The molecule has 5 heteroatoms. The molecule has 0 unspecified atom stereocenters. The van der Waals surface area contributed by atoms with E-state index in [0.717, 1.165) is 5.56 Å². The third kappa shape index (κ3) is 3.85. The van der Waals surface area contributed by atoms with Crippen molar-refractivity contribution in [2.24, 2.45) is 0 Å². The number of phenols is 1. The Morgan fingerprint density at radius 1 is 1.14 bits per heavy atom. The predicted molar refractivity (Wildman–Crippen MR) is 80.2 cm³/mol. The maximum atomic E-state index is 11.6. The van der Waals surface area contributed by atoms with Crippen LogP contribution in [0.1, 0.15) is 28.4 Å². The Balaban J connectivity index is 2.27. The molecule has 2 aromatic carbocycles. The standard InChI is InChI=1S/C17H16O5/c1-11(18)17-13(8-16(20)21)7-14(9-15(17)19)22-10-12-5-3-2-4-6-12/h2-7,9,19H,8,10H2,1H3,(H,20,21). The summed E-state index contributed by atoms with van der Waals surface area (Å²) >= 11 is 0. The van der Waals surface area contributed by atoms with Crippen LogP contribution in [0.3, 0.4) is 0 Å². The fraction of sp³-hybridized carbons (Fsp3) is 0.176. The Hall–Kier alpha value is -2.82. The lowest BCUT2D eigenvalue weighted by Crippen LogP contribution is -2.07. The molecule has 0 saturated heterocycles. The molecule has 5 nitrogen and oxygen atoms in total. The van der Waals surface area contributed by atoms with Crippen molar-refractivity contribution in [2.45, 2.75) is 20.0 Å². The molecule has 0 radical (unpaired) electrons. The summed E-state index contributed by atoms with van der Waals surface area (Å²) in [4.78, 5) is 22.5. The number of carboxylic acids is 1. The van der Waals surface area contributed by atoms with E-state index in [2.05, 4.69) is 0 Å². The minimum atomic E-state index is -1.08. The summed E-state index contributed by atoms with van der Waals surface area (Å²) in [6.07, 6.45) is -0.356. The fourth-order valence-electron chi connectivity index (χ4n) is 2.19. The highest BCUT2D eigenvalue weighted by Gasteiger charge is 2.17. The zero-order valence-electron chi connectivity index (χ0n) is 12.1. The van der Waals surface area contributed by atoms with Gasteiger partial charge < -0.3 is 14.9 Å². The van der Waals surface area contributed by atoms with Crippen LogP contribution in [-0.2, 0) is 17.8 Å². The van der Waals surface area contributed by atoms with E-state index in [1.165, 1.54) is 19.1 Å². The number of phenolic OH excluding ortho intramolecular Hbond substituents is 1. The number of ketones is 1. The number of Topliss-reactive ketones (excluding diaryl/α,β-unsaturated/α-hetero) is 1. The van der Waals surface area contributed by atoms with Crippen LogP contribution in [0.4, 0.5) is 0 Å². The number of carbonyl (C=O) groups excluding carboxylic acids is 1. The lowest BCUT2D eigenvalue weighted by atomic mass is 10.00. The minimum Gasteiger partial charge on any atom is -0.507 e. The zero-order valence-corrected chi connectivity index (χ0v) is 12.1. The summed E-state index contributed by atoms with van der Waals surface area (Å²) in [7, 11) is 0. The van der Waals surface area contributed by atoms with Gasteiger partial charge in [-0.2, -0.15) is 0 Å². The van der Waals surface area contributed by atoms with Gasteiger partial charge >= 0.3 is 5.97 Å². The second-order valence-corrected chi connectivity index (χ2v) is 4.88. The van der Waals surface area contributed by atoms with Crippen molar-refractivity contribution in [3.05, 3.63) is 59.2 Å². The average Bonchev–Trinajstić information content (AvgIpc) is 2.44. The van der Waals surface area contributed by atoms with Gasteiger partial charge in [-0.25, -0.2) is 0 Å². The van der Waals surface area contributed by atoms with E-state index in [1.807, 2.05) is 30.3 Å². The quantitative estimate of drug-likeness (QED) is 0.801. The van der Waals surface area contributed by atoms with Crippen molar-refractivity contribution in [1.82, 2.24) is 0 Å². The fourth-order valence-corrected chi connectivity index (χ4v) is 2.19. The normalized spacial score (nSPS) is 10.2. The van der Waals surface area contributed by atoms with Gasteiger partial charge in [0.2, 0.25) is 0 Å². The summed E-state index contributed by atoms with van der Waals surface area (Å²) in [5.74, 6) is -1.41. The molecule has 0 aliphatic carbocycles. The molecule has 2 N–H and O–H groups in total. The van der Waals surface area contributed by atoms with E-state index in [1.54, 1.807) is 0 Å². The summed E-state index contributed by atoms with van der Waals surface area (Å²) in [5, 5.41) is 18.9. The van der Waals surface area contributed by atoms with Gasteiger partial charge in [-0.15, -0.1) is 0 Å². The molecule has 2 aromatic rings. The first-order chi connectivity index (χ1) is 10.5. The maximum Gasteiger partial charge on any atom is 0.307 e. The number of ether oxygens (including phenoxy) is 1. The molecule has 0 aromatic heterocycles. The number of carboxylic acid groups (broad SMARTS) is 1. The molecule has 0 bridgehead atoms. The summed E-state index contributed by atoms with van der Waals surface area (Å²) in [6.45, 7) is 1.57. The molecular formula is C17H16O5. The Morgan fingerprint density at radius 2 is 1.82 bits per heavy atom. The van der Waals surface area contributed by atoms with Crippen LogP contribution in [0.15, 0.2) is 42.5 Å². The minimum absolute atomic E-state index is 0.0226. The maximum absolute atomic E-state index is 11.6. The molecule has 0 heterocycles. The molecule has 0 amide bonds. The van der Waals surface area contributed by atoms with Gasteiger partial charge in [-0.3, -0.25) is 9.59 Å². The highest BCUT2D eigenvalue weighted by molar-refractivity contribution is 5.99. The van der Waals surface area contributed by atoms with Gasteiger partial charge in [0.15, 0.2) is 5.78 Å². The average molecular weight is 300 g/mol. The van der Waals surface area contributed by atoms with Crippen LogP contribution in [0.25, 0.3) is 0 Å². The Bertz CT molecular complexity index is 692. The molecule has 0 spiro atoms. The molecule has 114 valence electrons. The van der Waals surface area contributed by atoms with E-state index in [0.29, 0.717) is 5.75 Å². The molecule has 0 saturated carbocycles. The van der Waals surface area contributed by atoms with Gasteiger partial charge in [0.05, 0.1) is 12.0 Å². The summed E-state index contributed by atoms with van der Waals surface area (Å²) in [5.41, 5.74) is 1.20. The van der Waals surface area contributed by atoms with E-state index >= 15 is 0 Å². The van der Waals surface area contributed by atoms with Crippen LogP contribution >= 0.6 is 0 Å². The van der Waals surface area contributed by atoms with Crippen molar-refractivity contribution in [3.8, 4) is 11.5 Å². The lowest BCUT2D eigenvalue weighted by molar-refractivity contribution is -0.136. The third-order valence-electron chi connectivity index (χ3n) is 3.11. The molecule has 0 aliphatic rings. The SMILES string of the molecule is CC(=O)c1c(O)cc(OCc2ccccc2)cc1CC(=O)O. The van der Waals surface area contributed by atoms with Crippen molar-refractivity contribution in [3.63, 3.8) is 0 Å². The lowest BCUT2D eigenvalue weighted by Gasteiger charge is -2.12. The molecular weight excluding hydrogens is 284 g/mol. The Labute approximate surface area is 127 Å². The first kappa shape index (κ1) is 15.6. The largest absolute Gasteiger partial charge is 0.507 e. The number of carbonyl (C=O) groups is 2. The number of aromatic hydroxyl groups is 1. The van der Waals surface area contributed by atoms with Gasteiger partial charge in [0.1, 0.15) is 18.1 Å². The summed E-state index contributed by atoms with van der Waals surface area (Å²) < 4.78 is 5.57. The topological polar surface area (TPSA) is 83.8 Å². The molecule has 0 fully saturated rings. The van der Waals surface area contributed by atoms with Crippen LogP contribution in [0, 0.1) is 0 Å². The first-order valence-electron chi connectivity index (χ1n) is 6.72. The van der Waals surface area contributed by atoms with Gasteiger partial charge in [0.25, 0.3) is 0 Å². The van der Waals surface area contributed by atoms with Gasteiger partial charge in [-0.1, -0.05) is 30.3 Å². The molecule has 0 atom stereocenters. The van der Waals surface area contributed by atoms with Crippen molar-refractivity contribution >= 4 is 11.8 Å². The van der Waals surface area contributed by atoms with Crippen LogP contribution in [-0.4, -0.2) is 22.0 Å². The smallest absolute Gasteiger partial charge is 0.307 e. The monoisotopic (exact) mass is 300 g/mol. The first-order valence-corrected chi connectivity index (χ1v) is 6.72. The Kier molecular flexibility index (Phi) is 4.78.